The van der Waals surface area contributed by atoms with Crippen molar-refractivity contribution >= 4 is 11.6 Å². The van der Waals surface area contributed by atoms with Gasteiger partial charge in [-0.05, 0) is 32.0 Å². The number of anilines is 1. The number of hydrogen-bond donors (Lipinski definition) is 1. The molecule has 2 aromatic carbocycles. The van der Waals surface area contributed by atoms with Crippen LogP contribution in [0.3, 0.4) is 0 Å². The first-order valence-electron chi connectivity index (χ1n) is 10.4. The predicted octanol–water partition coefficient (Wildman–Crippen LogP) is 4.25. The largest absolute Gasteiger partial charge is 0.491 e. The molecule has 168 valence electrons. The van der Waals surface area contributed by atoms with E-state index in [0.717, 1.165) is 37.0 Å². The number of rotatable bonds is 7. The number of halogens is 3. The minimum Gasteiger partial charge on any atom is -0.491 e. The molecule has 1 heterocycles. The van der Waals surface area contributed by atoms with E-state index in [2.05, 4.69) is 16.3 Å². The number of benzene rings is 2. The second-order valence-corrected chi connectivity index (χ2v) is 7.92. The number of nitrogens with one attached hydrogen (secondary N) is 1. The van der Waals surface area contributed by atoms with Crippen LogP contribution in [-0.4, -0.2) is 54.5 Å². The molecule has 1 aliphatic heterocycles. The van der Waals surface area contributed by atoms with Crippen molar-refractivity contribution in [3.8, 4) is 5.75 Å². The fourth-order valence-electron chi connectivity index (χ4n) is 3.58. The fraction of sp³-hybridized carbons (Fsp3) is 0.435. The molecular weight excluding hydrogens is 407 g/mol. The van der Waals surface area contributed by atoms with Gasteiger partial charge in [0.15, 0.2) is 0 Å². The number of hydrogen-bond acceptors (Lipinski definition) is 4. The molecule has 0 spiro atoms. The van der Waals surface area contributed by atoms with E-state index in [0.29, 0.717) is 13.1 Å². The number of carbonyl (C=O) groups excluding carboxylic acids is 1. The van der Waals surface area contributed by atoms with Crippen LogP contribution in [0.2, 0.25) is 0 Å². The lowest BCUT2D eigenvalue weighted by Gasteiger charge is -2.34. The summed E-state index contributed by atoms with van der Waals surface area (Å²) in [7, 11) is 0. The Morgan fingerprint density at radius 1 is 1.00 bits per heavy atom. The Kier molecular flexibility index (Phi) is 7.56. The van der Waals surface area contributed by atoms with Gasteiger partial charge in [0.25, 0.3) is 0 Å². The average molecular weight is 435 g/mol. The molecule has 0 radical (unpaired) electrons. The van der Waals surface area contributed by atoms with Crippen LogP contribution in [0.4, 0.5) is 18.9 Å². The van der Waals surface area contributed by atoms with Gasteiger partial charge in [-0.3, -0.25) is 14.6 Å². The van der Waals surface area contributed by atoms with Crippen LogP contribution in [0.1, 0.15) is 25.0 Å². The van der Waals surface area contributed by atoms with Crippen molar-refractivity contribution in [1.82, 2.24) is 9.80 Å². The molecule has 0 aliphatic carbocycles. The van der Waals surface area contributed by atoms with E-state index < -0.39 is 17.6 Å². The molecule has 0 unspecified atom stereocenters. The monoisotopic (exact) mass is 435 g/mol. The Balaban J connectivity index is 1.51. The molecule has 1 N–H and O–H groups in total. The highest BCUT2D eigenvalue weighted by molar-refractivity contribution is 5.93. The van der Waals surface area contributed by atoms with Crippen molar-refractivity contribution in [3.63, 3.8) is 0 Å². The number of alkyl halides is 3. The Bertz CT molecular complexity index is 878. The van der Waals surface area contributed by atoms with E-state index >= 15 is 0 Å². The van der Waals surface area contributed by atoms with Gasteiger partial charge in [-0.1, -0.05) is 30.3 Å². The first-order chi connectivity index (χ1) is 14.7. The number of para-hydroxylation sites is 2. The van der Waals surface area contributed by atoms with Gasteiger partial charge in [0, 0.05) is 38.3 Å². The number of ether oxygens (including phenoxy) is 1. The van der Waals surface area contributed by atoms with Crippen LogP contribution in [0.15, 0.2) is 48.5 Å². The molecule has 1 amide bonds. The second kappa shape index (κ2) is 10.2. The summed E-state index contributed by atoms with van der Waals surface area (Å²) in [6.07, 6.45) is -4.41. The zero-order valence-electron chi connectivity index (χ0n) is 17.8. The first kappa shape index (κ1) is 23.1. The van der Waals surface area contributed by atoms with Crippen molar-refractivity contribution in [2.24, 2.45) is 0 Å². The Morgan fingerprint density at radius 3 is 2.29 bits per heavy atom. The quantitative estimate of drug-likeness (QED) is 0.706. The summed E-state index contributed by atoms with van der Waals surface area (Å²) in [6.45, 7) is 7.67. The standard InChI is InChI=1S/C23H28F3N3O2/c1-17(2)31-21-10-6-3-7-18(21)15-28-11-13-29(14-12-28)16-22(30)27-20-9-5-4-8-19(20)23(24,25)26/h3-10,17H,11-16H2,1-2H3,(H,27,30). The molecular formula is C23H28F3N3O2. The second-order valence-electron chi connectivity index (χ2n) is 7.92. The van der Waals surface area contributed by atoms with Crippen LogP contribution < -0.4 is 10.1 Å². The molecule has 5 nitrogen and oxygen atoms in total. The van der Waals surface area contributed by atoms with E-state index in [1.807, 2.05) is 36.9 Å². The van der Waals surface area contributed by atoms with Gasteiger partial charge >= 0.3 is 6.18 Å². The van der Waals surface area contributed by atoms with Gasteiger partial charge in [-0.25, -0.2) is 0 Å². The third-order valence-electron chi connectivity index (χ3n) is 5.07. The Morgan fingerprint density at radius 2 is 1.61 bits per heavy atom. The number of piperazine rings is 1. The summed E-state index contributed by atoms with van der Waals surface area (Å²) < 4.78 is 45.2. The molecule has 31 heavy (non-hydrogen) atoms. The molecule has 1 aliphatic rings. The highest BCUT2D eigenvalue weighted by Crippen LogP contribution is 2.34. The van der Waals surface area contributed by atoms with Gasteiger partial charge in [-0.2, -0.15) is 13.2 Å². The molecule has 1 fully saturated rings. The van der Waals surface area contributed by atoms with Gasteiger partial charge < -0.3 is 10.1 Å². The van der Waals surface area contributed by atoms with E-state index in [1.165, 1.54) is 18.2 Å². The van der Waals surface area contributed by atoms with E-state index in [1.54, 1.807) is 0 Å². The van der Waals surface area contributed by atoms with E-state index in [9.17, 15) is 18.0 Å². The molecule has 0 saturated carbocycles. The molecule has 1 saturated heterocycles. The van der Waals surface area contributed by atoms with Crippen molar-refractivity contribution in [2.75, 3.05) is 38.0 Å². The molecule has 8 heteroatoms. The lowest BCUT2D eigenvalue weighted by atomic mass is 10.1. The third-order valence-corrected chi connectivity index (χ3v) is 5.07. The number of amides is 1. The average Bonchev–Trinajstić information content (AvgIpc) is 2.70. The van der Waals surface area contributed by atoms with E-state index in [-0.39, 0.29) is 18.3 Å². The van der Waals surface area contributed by atoms with Crippen LogP contribution in [-0.2, 0) is 17.5 Å². The minimum atomic E-state index is -4.51. The minimum absolute atomic E-state index is 0.0626. The zero-order chi connectivity index (χ0) is 22.4. The summed E-state index contributed by atoms with van der Waals surface area (Å²) in [5, 5.41) is 2.41. The summed E-state index contributed by atoms with van der Waals surface area (Å²) in [6, 6.07) is 13.0. The van der Waals surface area contributed by atoms with Crippen molar-refractivity contribution in [2.45, 2.75) is 32.7 Å². The SMILES string of the molecule is CC(C)Oc1ccccc1CN1CCN(CC(=O)Nc2ccccc2C(F)(F)F)CC1. The smallest absolute Gasteiger partial charge is 0.418 e. The summed E-state index contributed by atoms with van der Waals surface area (Å²) in [5.74, 6) is 0.434. The van der Waals surface area contributed by atoms with Gasteiger partial charge in [0.1, 0.15) is 5.75 Å². The van der Waals surface area contributed by atoms with Crippen molar-refractivity contribution in [3.05, 3.63) is 59.7 Å². The molecule has 0 aromatic heterocycles. The van der Waals surface area contributed by atoms with Crippen LogP contribution in [0, 0.1) is 0 Å². The number of carbonyl (C=O) groups is 1. The topological polar surface area (TPSA) is 44.8 Å². The maximum atomic E-state index is 13.1. The van der Waals surface area contributed by atoms with Crippen molar-refractivity contribution < 1.29 is 22.7 Å². The number of nitrogens with zero attached hydrogens (tertiary/aromatic N) is 2. The molecule has 0 atom stereocenters. The normalized spacial score (nSPS) is 15.8. The Hall–Kier alpha value is -2.58. The summed E-state index contributed by atoms with van der Waals surface area (Å²) >= 11 is 0. The molecule has 0 bridgehead atoms. The van der Waals surface area contributed by atoms with Gasteiger partial charge in [-0.15, -0.1) is 0 Å². The lowest BCUT2D eigenvalue weighted by molar-refractivity contribution is -0.137. The van der Waals surface area contributed by atoms with Crippen molar-refractivity contribution in [1.29, 1.82) is 0 Å². The van der Waals surface area contributed by atoms with Crippen LogP contribution >= 0.6 is 0 Å². The highest BCUT2D eigenvalue weighted by atomic mass is 19.4. The summed E-state index contributed by atoms with van der Waals surface area (Å²) in [4.78, 5) is 16.6. The molecule has 2 aromatic rings. The zero-order valence-corrected chi connectivity index (χ0v) is 17.8. The van der Waals surface area contributed by atoms with Gasteiger partial charge in [0.05, 0.1) is 23.9 Å². The van der Waals surface area contributed by atoms with Crippen LogP contribution in [0.5, 0.6) is 5.75 Å². The predicted molar refractivity (Wildman–Crippen MR) is 114 cm³/mol. The lowest BCUT2D eigenvalue weighted by Crippen LogP contribution is -2.48. The van der Waals surface area contributed by atoms with E-state index in [4.69, 9.17) is 4.74 Å². The molecule has 3 rings (SSSR count). The van der Waals surface area contributed by atoms with Gasteiger partial charge in [0.2, 0.25) is 5.91 Å². The fourth-order valence-corrected chi connectivity index (χ4v) is 3.58. The maximum absolute atomic E-state index is 13.1. The first-order valence-corrected chi connectivity index (χ1v) is 10.4. The maximum Gasteiger partial charge on any atom is 0.418 e. The Labute approximate surface area is 180 Å². The summed E-state index contributed by atoms with van der Waals surface area (Å²) in [5.41, 5.74) is 0.0713. The third kappa shape index (κ3) is 6.70. The highest BCUT2D eigenvalue weighted by Gasteiger charge is 2.33. The van der Waals surface area contributed by atoms with Crippen LogP contribution in [0.25, 0.3) is 0 Å².